The minimum atomic E-state index is -1.01. The highest BCUT2D eigenvalue weighted by atomic mass is 16.5. The van der Waals surface area contributed by atoms with Crippen molar-refractivity contribution in [1.29, 1.82) is 5.26 Å². The van der Waals surface area contributed by atoms with Gasteiger partial charge in [0, 0.05) is 23.9 Å². The molecule has 0 fully saturated rings. The van der Waals surface area contributed by atoms with E-state index in [0.29, 0.717) is 29.3 Å². The molecule has 1 unspecified atom stereocenters. The molecule has 0 spiro atoms. The zero-order chi connectivity index (χ0) is 22.4. The molecule has 3 aromatic rings. The molecular formula is C24H23N3O4. The highest BCUT2D eigenvalue weighted by Crippen LogP contribution is 2.40. The number of nitrogens with zero attached hydrogens (tertiary/aromatic N) is 2. The minimum absolute atomic E-state index is 0.145. The lowest BCUT2D eigenvalue weighted by molar-refractivity contribution is -0.119. The number of rotatable bonds is 8. The van der Waals surface area contributed by atoms with Crippen LogP contribution in [0.2, 0.25) is 0 Å². The van der Waals surface area contributed by atoms with E-state index in [9.17, 15) is 9.90 Å². The van der Waals surface area contributed by atoms with Crippen LogP contribution in [0, 0.1) is 11.3 Å². The Labute approximate surface area is 180 Å². The highest BCUT2D eigenvalue weighted by Gasteiger charge is 2.30. The average molecular weight is 417 g/mol. The summed E-state index contributed by atoms with van der Waals surface area (Å²) in [5, 5.41) is 19.8. The van der Waals surface area contributed by atoms with Crippen LogP contribution in [-0.4, -0.2) is 25.2 Å². The number of amides is 1. The van der Waals surface area contributed by atoms with Crippen LogP contribution in [0.3, 0.4) is 0 Å². The predicted molar refractivity (Wildman–Crippen MR) is 117 cm³/mol. The number of hydrogen-bond donors (Lipinski definition) is 2. The predicted octanol–water partition coefficient (Wildman–Crippen LogP) is 3.51. The lowest BCUT2D eigenvalue weighted by atomic mass is 10.00. The van der Waals surface area contributed by atoms with Gasteiger partial charge in [-0.15, -0.1) is 0 Å². The first-order valence-electron chi connectivity index (χ1n) is 9.53. The molecule has 0 saturated heterocycles. The molecule has 1 atom stereocenters. The third kappa shape index (κ3) is 4.70. The van der Waals surface area contributed by atoms with Crippen LogP contribution >= 0.6 is 0 Å². The van der Waals surface area contributed by atoms with Crippen LogP contribution in [0.25, 0.3) is 0 Å². The maximum Gasteiger partial charge on any atom is 0.244 e. The number of aromatic hydroxyl groups is 1. The standard InChI is InChI=1S/C24H23N3O4/c1-30-21-12-19(20(28)13-22(21)31-2)23(24(26)29)27(15-17-6-4-3-5-7-17)18-10-8-16(14-25)9-11-18/h3-13,23,28H,15H2,1-2H3,(H2,26,29). The second kappa shape index (κ2) is 9.55. The quantitative estimate of drug-likeness (QED) is 0.581. The largest absolute Gasteiger partial charge is 0.507 e. The molecule has 0 aromatic heterocycles. The van der Waals surface area contributed by atoms with Crippen molar-refractivity contribution in [2.45, 2.75) is 12.6 Å². The number of carbonyl (C=O) groups is 1. The number of anilines is 1. The third-order valence-electron chi connectivity index (χ3n) is 4.93. The van der Waals surface area contributed by atoms with E-state index < -0.39 is 11.9 Å². The molecule has 7 heteroatoms. The molecule has 3 N–H and O–H groups in total. The lowest BCUT2D eigenvalue weighted by Gasteiger charge is -2.33. The fraction of sp³-hybridized carbons (Fsp3) is 0.167. The molecule has 0 radical (unpaired) electrons. The Balaban J connectivity index is 2.15. The van der Waals surface area contributed by atoms with Gasteiger partial charge >= 0.3 is 0 Å². The van der Waals surface area contributed by atoms with Crippen molar-refractivity contribution in [1.82, 2.24) is 0 Å². The Morgan fingerprint density at radius 1 is 1.06 bits per heavy atom. The first-order valence-corrected chi connectivity index (χ1v) is 9.53. The molecule has 3 aromatic carbocycles. The van der Waals surface area contributed by atoms with Crippen LogP contribution in [0.15, 0.2) is 66.7 Å². The van der Waals surface area contributed by atoms with Gasteiger partial charge in [0.2, 0.25) is 5.91 Å². The summed E-state index contributed by atoms with van der Waals surface area (Å²) < 4.78 is 10.6. The molecule has 1 amide bonds. The topological polar surface area (TPSA) is 109 Å². The number of methoxy groups -OCH3 is 2. The summed E-state index contributed by atoms with van der Waals surface area (Å²) in [4.78, 5) is 14.5. The number of phenolic OH excluding ortho intramolecular Hbond substituents is 1. The van der Waals surface area contributed by atoms with E-state index >= 15 is 0 Å². The number of carbonyl (C=O) groups excluding carboxylic acids is 1. The molecule has 0 aliphatic heterocycles. The Kier molecular flexibility index (Phi) is 6.63. The van der Waals surface area contributed by atoms with E-state index in [1.54, 1.807) is 35.2 Å². The maximum absolute atomic E-state index is 12.7. The van der Waals surface area contributed by atoms with Gasteiger partial charge in [-0.1, -0.05) is 30.3 Å². The first kappa shape index (κ1) is 21.5. The number of nitrogens with two attached hydrogens (primary N) is 1. The van der Waals surface area contributed by atoms with E-state index in [4.69, 9.17) is 20.5 Å². The molecule has 158 valence electrons. The van der Waals surface area contributed by atoms with Crippen LogP contribution in [0.4, 0.5) is 5.69 Å². The molecule has 31 heavy (non-hydrogen) atoms. The van der Waals surface area contributed by atoms with Gasteiger partial charge in [0.05, 0.1) is 25.9 Å². The summed E-state index contributed by atoms with van der Waals surface area (Å²) in [7, 11) is 2.93. The molecule has 3 rings (SSSR count). The van der Waals surface area contributed by atoms with E-state index in [-0.39, 0.29) is 11.3 Å². The van der Waals surface area contributed by atoms with Gasteiger partial charge in [-0.3, -0.25) is 4.79 Å². The molecule has 7 nitrogen and oxygen atoms in total. The van der Waals surface area contributed by atoms with Crippen molar-refractivity contribution >= 4 is 11.6 Å². The fourth-order valence-electron chi connectivity index (χ4n) is 3.42. The van der Waals surface area contributed by atoms with Crippen molar-refractivity contribution in [3.63, 3.8) is 0 Å². The second-order valence-corrected chi connectivity index (χ2v) is 6.84. The smallest absolute Gasteiger partial charge is 0.244 e. The van der Waals surface area contributed by atoms with Crippen molar-refractivity contribution in [2.24, 2.45) is 5.73 Å². The summed E-state index contributed by atoms with van der Waals surface area (Å²) in [6.07, 6.45) is 0. The normalized spacial score (nSPS) is 11.3. The Morgan fingerprint density at radius 2 is 1.68 bits per heavy atom. The van der Waals surface area contributed by atoms with Crippen LogP contribution < -0.4 is 20.1 Å². The SMILES string of the molecule is COc1cc(O)c(C(C(N)=O)N(Cc2ccccc2)c2ccc(C#N)cc2)cc1OC. The highest BCUT2D eigenvalue weighted by molar-refractivity contribution is 5.86. The van der Waals surface area contributed by atoms with Gasteiger partial charge in [-0.2, -0.15) is 5.26 Å². The monoisotopic (exact) mass is 417 g/mol. The van der Waals surface area contributed by atoms with Crippen molar-refractivity contribution in [3.05, 3.63) is 83.4 Å². The van der Waals surface area contributed by atoms with Crippen molar-refractivity contribution in [2.75, 3.05) is 19.1 Å². The van der Waals surface area contributed by atoms with Gasteiger partial charge in [0.25, 0.3) is 0 Å². The first-order chi connectivity index (χ1) is 15.0. The van der Waals surface area contributed by atoms with E-state index in [2.05, 4.69) is 6.07 Å². The van der Waals surface area contributed by atoms with E-state index in [1.807, 2.05) is 30.3 Å². The molecule has 0 heterocycles. The van der Waals surface area contributed by atoms with E-state index in [0.717, 1.165) is 5.56 Å². The molecule has 0 saturated carbocycles. The number of phenols is 1. The Hall–Kier alpha value is -4.18. The summed E-state index contributed by atoms with van der Waals surface area (Å²) in [5.74, 6) is -0.100. The number of ether oxygens (including phenoxy) is 2. The number of nitriles is 1. The summed E-state index contributed by atoms with van der Waals surface area (Å²) in [6.45, 7) is 0.341. The molecule has 0 aliphatic carbocycles. The zero-order valence-corrected chi connectivity index (χ0v) is 17.3. The summed E-state index contributed by atoms with van der Waals surface area (Å²) in [6, 6.07) is 20.4. The van der Waals surface area contributed by atoms with Crippen LogP contribution in [0.1, 0.15) is 22.7 Å². The van der Waals surface area contributed by atoms with Crippen molar-refractivity contribution in [3.8, 4) is 23.3 Å². The fourth-order valence-corrected chi connectivity index (χ4v) is 3.42. The summed E-state index contributed by atoms with van der Waals surface area (Å²) >= 11 is 0. The molecular weight excluding hydrogens is 394 g/mol. The number of primary amides is 1. The minimum Gasteiger partial charge on any atom is -0.507 e. The molecule has 0 bridgehead atoms. The third-order valence-corrected chi connectivity index (χ3v) is 4.93. The Morgan fingerprint density at radius 3 is 2.23 bits per heavy atom. The summed E-state index contributed by atoms with van der Waals surface area (Å²) in [5.41, 5.74) is 8.22. The number of benzene rings is 3. The average Bonchev–Trinajstić information content (AvgIpc) is 2.79. The molecule has 0 aliphatic rings. The van der Waals surface area contributed by atoms with Gasteiger partial charge in [0.15, 0.2) is 11.5 Å². The van der Waals surface area contributed by atoms with Gasteiger partial charge < -0.3 is 25.2 Å². The Bertz CT molecular complexity index is 1090. The van der Waals surface area contributed by atoms with Crippen molar-refractivity contribution < 1.29 is 19.4 Å². The number of hydrogen-bond acceptors (Lipinski definition) is 6. The van der Waals surface area contributed by atoms with E-state index in [1.165, 1.54) is 20.3 Å². The van der Waals surface area contributed by atoms with Gasteiger partial charge in [-0.05, 0) is 35.9 Å². The lowest BCUT2D eigenvalue weighted by Crippen LogP contribution is -2.37. The maximum atomic E-state index is 12.7. The zero-order valence-electron chi connectivity index (χ0n) is 17.3. The second-order valence-electron chi connectivity index (χ2n) is 6.84. The van der Waals surface area contributed by atoms with Crippen LogP contribution in [0.5, 0.6) is 17.2 Å². The van der Waals surface area contributed by atoms with Gasteiger partial charge in [-0.25, -0.2) is 0 Å². The van der Waals surface area contributed by atoms with Gasteiger partial charge in [0.1, 0.15) is 11.8 Å². The van der Waals surface area contributed by atoms with Crippen LogP contribution in [-0.2, 0) is 11.3 Å².